The molecule has 2 N–H and O–H groups in total. The molecule has 2 aromatic carbocycles. The highest BCUT2D eigenvalue weighted by molar-refractivity contribution is 8.15. The summed E-state index contributed by atoms with van der Waals surface area (Å²) >= 11 is 1.16. The molecule has 0 spiro atoms. The van der Waals surface area contributed by atoms with Crippen LogP contribution in [0.4, 0.5) is 5.69 Å². The summed E-state index contributed by atoms with van der Waals surface area (Å²) in [6, 6.07) is 14.6. The van der Waals surface area contributed by atoms with Crippen LogP contribution in [0.1, 0.15) is 16.7 Å². The third kappa shape index (κ3) is 1.94. The zero-order chi connectivity index (χ0) is 16.0. The van der Waals surface area contributed by atoms with Gasteiger partial charge in [-0.2, -0.15) is 5.26 Å². The number of oxime groups is 1. The van der Waals surface area contributed by atoms with Crippen LogP contribution in [0.15, 0.2) is 58.2 Å². The van der Waals surface area contributed by atoms with E-state index in [4.69, 9.17) is 5.26 Å². The first-order valence-corrected chi connectivity index (χ1v) is 7.64. The van der Waals surface area contributed by atoms with Crippen molar-refractivity contribution in [2.24, 2.45) is 5.16 Å². The van der Waals surface area contributed by atoms with Gasteiger partial charge in [0.2, 0.25) is 5.12 Å². The molecule has 110 valence electrons. The number of rotatable bonds is 0. The second kappa shape index (κ2) is 5.00. The number of carbonyl (C=O) groups is 1. The van der Waals surface area contributed by atoms with Gasteiger partial charge in [-0.15, -0.1) is 0 Å². The number of nitrogens with zero attached hydrogens (tertiary/aromatic N) is 2. The minimum absolute atomic E-state index is 0.0943. The number of anilines is 1. The molecule has 4 rings (SSSR count). The lowest BCUT2D eigenvalue weighted by atomic mass is 10.0. The number of nitriles is 1. The van der Waals surface area contributed by atoms with E-state index in [1.54, 1.807) is 18.2 Å². The first-order chi connectivity index (χ1) is 11.2. The lowest BCUT2D eigenvalue weighted by molar-refractivity contribution is -0.106. The van der Waals surface area contributed by atoms with Gasteiger partial charge < -0.3 is 10.5 Å². The van der Waals surface area contributed by atoms with Crippen LogP contribution in [-0.4, -0.2) is 16.0 Å². The number of allylic oxidation sites excluding steroid dienone is 1. The second-order valence-corrected chi connectivity index (χ2v) is 6.10. The molecule has 6 heteroatoms. The van der Waals surface area contributed by atoms with Gasteiger partial charge in [0.05, 0.1) is 22.9 Å². The quantitative estimate of drug-likeness (QED) is 0.442. The summed E-state index contributed by atoms with van der Waals surface area (Å²) < 4.78 is 0. The molecule has 23 heavy (non-hydrogen) atoms. The first kappa shape index (κ1) is 13.6. The lowest BCUT2D eigenvalue weighted by Crippen LogP contribution is -2.08. The molecule has 0 fully saturated rings. The van der Waals surface area contributed by atoms with Gasteiger partial charge in [0.15, 0.2) is 0 Å². The summed E-state index contributed by atoms with van der Waals surface area (Å²) in [5, 5.41) is 24.9. The fourth-order valence-corrected chi connectivity index (χ4v) is 3.73. The van der Waals surface area contributed by atoms with E-state index in [0.29, 0.717) is 28.1 Å². The zero-order valence-corrected chi connectivity index (χ0v) is 12.5. The molecule has 0 amide bonds. The van der Waals surface area contributed by atoms with Crippen LogP contribution in [0.2, 0.25) is 0 Å². The Morgan fingerprint density at radius 2 is 2.00 bits per heavy atom. The molecule has 0 unspecified atom stereocenters. The van der Waals surface area contributed by atoms with E-state index >= 15 is 0 Å². The Morgan fingerprint density at radius 1 is 1.17 bits per heavy atom. The maximum absolute atomic E-state index is 12.4. The number of carbonyl (C=O) groups excluding carboxylic acids is 1. The highest BCUT2D eigenvalue weighted by atomic mass is 32.2. The number of fused-ring (bicyclic) bond motifs is 2. The van der Waals surface area contributed by atoms with E-state index in [2.05, 4.69) is 16.5 Å². The molecule has 2 heterocycles. The topological polar surface area (TPSA) is 85.5 Å². The zero-order valence-electron chi connectivity index (χ0n) is 11.7. The second-order valence-electron chi connectivity index (χ2n) is 5.08. The first-order valence-electron chi connectivity index (χ1n) is 6.82. The fourth-order valence-electron chi connectivity index (χ4n) is 2.79. The Hall–Kier alpha value is -3.04. The number of hydrogen-bond donors (Lipinski definition) is 2. The van der Waals surface area contributed by atoms with Crippen LogP contribution in [0.3, 0.4) is 0 Å². The van der Waals surface area contributed by atoms with Crippen LogP contribution >= 0.6 is 11.8 Å². The largest absolute Gasteiger partial charge is 0.410 e. The van der Waals surface area contributed by atoms with Crippen molar-refractivity contribution in [1.82, 2.24) is 0 Å². The standard InChI is InChI=1S/C17H9N3O2S/c18-8-9-5-6-12-11(7-9)15(20-22)16(19-12)14-10-3-1-2-4-13(10)23-17(14)21/h1-7,19,22H/b16-14-,20-15+. The highest BCUT2D eigenvalue weighted by Crippen LogP contribution is 2.44. The Bertz CT molecular complexity index is 970. The van der Waals surface area contributed by atoms with Crippen LogP contribution in [-0.2, 0) is 4.79 Å². The van der Waals surface area contributed by atoms with Crippen molar-refractivity contribution in [3.8, 4) is 6.07 Å². The molecule has 5 nitrogen and oxygen atoms in total. The third-order valence-electron chi connectivity index (χ3n) is 3.81. The maximum Gasteiger partial charge on any atom is 0.226 e. The van der Waals surface area contributed by atoms with E-state index < -0.39 is 0 Å². The average Bonchev–Trinajstić information content (AvgIpc) is 3.09. The van der Waals surface area contributed by atoms with E-state index in [9.17, 15) is 10.0 Å². The number of nitrogens with one attached hydrogen (secondary N) is 1. The Morgan fingerprint density at radius 3 is 2.78 bits per heavy atom. The monoisotopic (exact) mass is 319 g/mol. The summed E-state index contributed by atoms with van der Waals surface area (Å²) in [4.78, 5) is 13.3. The SMILES string of the molecule is N#Cc1ccc2c(c1)C(=N\O)/C(=C1/C(=O)Sc3ccccc31)N2. The molecule has 0 radical (unpaired) electrons. The molecule has 0 aliphatic carbocycles. The fraction of sp³-hybridized carbons (Fsp3) is 0. The maximum atomic E-state index is 12.4. The minimum atomic E-state index is -0.0943. The van der Waals surface area contributed by atoms with Crippen molar-refractivity contribution in [2.75, 3.05) is 5.32 Å². The molecule has 0 saturated heterocycles. The molecule has 2 aliphatic heterocycles. The minimum Gasteiger partial charge on any atom is -0.410 e. The van der Waals surface area contributed by atoms with Crippen molar-refractivity contribution < 1.29 is 10.0 Å². The molecule has 0 atom stereocenters. The van der Waals surface area contributed by atoms with Gasteiger partial charge >= 0.3 is 0 Å². The summed E-state index contributed by atoms with van der Waals surface area (Å²) in [7, 11) is 0. The van der Waals surface area contributed by atoms with E-state index in [1.807, 2.05) is 24.3 Å². The van der Waals surface area contributed by atoms with Crippen molar-refractivity contribution in [1.29, 1.82) is 5.26 Å². The van der Waals surface area contributed by atoms with E-state index in [0.717, 1.165) is 22.2 Å². The smallest absolute Gasteiger partial charge is 0.226 e. The van der Waals surface area contributed by atoms with Gasteiger partial charge in [-0.1, -0.05) is 23.4 Å². The van der Waals surface area contributed by atoms with Crippen LogP contribution in [0, 0.1) is 11.3 Å². The van der Waals surface area contributed by atoms with Crippen LogP contribution in [0.25, 0.3) is 5.57 Å². The molecule has 0 aromatic heterocycles. The predicted octanol–water partition coefficient (Wildman–Crippen LogP) is 3.21. The van der Waals surface area contributed by atoms with Gasteiger partial charge in [-0.05, 0) is 36.0 Å². The molecule has 2 aliphatic rings. The predicted molar refractivity (Wildman–Crippen MR) is 87.3 cm³/mol. The molecule has 0 bridgehead atoms. The molecular formula is C17H9N3O2S. The summed E-state index contributed by atoms with van der Waals surface area (Å²) in [6.07, 6.45) is 0. The summed E-state index contributed by atoms with van der Waals surface area (Å²) in [5.74, 6) is 0. The van der Waals surface area contributed by atoms with Crippen molar-refractivity contribution in [3.05, 3.63) is 64.9 Å². The third-order valence-corrected chi connectivity index (χ3v) is 4.78. The van der Waals surface area contributed by atoms with Crippen molar-refractivity contribution in [3.63, 3.8) is 0 Å². The normalized spacial score (nSPS) is 20.1. The molecular weight excluding hydrogens is 310 g/mol. The number of hydrogen-bond acceptors (Lipinski definition) is 6. The van der Waals surface area contributed by atoms with Crippen LogP contribution < -0.4 is 5.32 Å². The van der Waals surface area contributed by atoms with Gasteiger partial charge in [-0.25, -0.2) is 0 Å². The van der Waals surface area contributed by atoms with E-state index in [1.165, 1.54) is 0 Å². The van der Waals surface area contributed by atoms with Crippen LogP contribution in [0.5, 0.6) is 0 Å². The number of benzene rings is 2. The Balaban J connectivity index is 1.95. The van der Waals surface area contributed by atoms with Gasteiger partial charge in [-0.3, -0.25) is 4.79 Å². The summed E-state index contributed by atoms with van der Waals surface area (Å²) in [5.41, 5.74) is 3.84. The van der Waals surface area contributed by atoms with Gasteiger partial charge in [0, 0.05) is 21.7 Å². The Labute approximate surface area is 135 Å². The van der Waals surface area contributed by atoms with Gasteiger partial charge in [0.25, 0.3) is 0 Å². The molecule has 0 saturated carbocycles. The van der Waals surface area contributed by atoms with Crippen molar-refractivity contribution >= 4 is 33.8 Å². The highest BCUT2D eigenvalue weighted by Gasteiger charge is 2.34. The molecule has 2 aromatic rings. The Kier molecular flexibility index (Phi) is 2.96. The average molecular weight is 319 g/mol. The number of thioether (sulfide) groups is 1. The van der Waals surface area contributed by atoms with Crippen molar-refractivity contribution in [2.45, 2.75) is 4.90 Å². The van der Waals surface area contributed by atoms with E-state index in [-0.39, 0.29) is 10.8 Å². The summed E-state index contributed by atoms with van der Waals surface area (Å²) in [6.45, 7) is 0. The van der Waals surface area contributed by atoms with Gasteiger partial charge in [0.1, 0.15) is 5.71 Å². The lowest BCUT2D eigenvalue weighted by Gasteiger charge is -2.05.